The van der Waals surface area contributed by atoms with Crippen LogP contribution in [0.4, 0.5) is 11.4 Å². The fourth-order valence-corrected chi connectivity index (χ4v) is 1.87. The molecule has 0 aliphatic carbocycles. The molecule has 2 aromatic rings. The lowest BCUT2D eigenvalue weighted by atomic mass is 9.98. The Morgan fingerprint density at radius 2 is 1.67 bits per heavy atom. The van der Waals surface area contributed by atoms with Crippen LogP contribution < -0.4 is 11.5 Å². The Kier molecular flexibility index (Phi) is 3.38. The van der Waals surface area contributed by atoms with Crippen molar-refractivity contribution in [1.29, 1.82) is 0 Å². The number of allylic oxidation sites excluding steroid dienone is 1. The number of rotatable bonds is 3. The van der Waals surface area contributed by atoms with Crippen LogP contribution in [0.15, 0.2) is 49.0 Å². The number of hydrogen-bond donors (Lipinski definition) is 2. The van der Waals surface area contributed by atoms with E-state index in [9.17, 15) is 0 Å². The van der Waals surface area contributed by atoms with E-state index in [1.165, 1.54) is 5.56 Å². The molecule has 0 atom stereocenters. The highest BCUT2D eigenvalue weighted by Crippen LogP contribution is 2.22. The van der Waals surface area contributed by atoms with E-state index >= 15 is 0 Å². The van der Waals surface area contributed by atoms with Crippen LogP contribution in [0.1, 0.15) is 16.7 Å². The molecule has 0 aliphatic heterocycles. The van der Waals surface area contributed by atoms with Crippen LogP contribution in [0, 0.1) is 6.92 Å². The molecule has 2 heteroatoms. The Hall–Kier alpha value is -2.22. The number of nitrogen functional groups attached to an aromatic ring is 2. The van der Waals surface area contributed by atoms with E-state index in [2.05, 4.69) is 37.8 Å². The first kappa shape index (κ1) is 12.2. The first-order valence-corrected chi connectivity index (χ1v) is 5.95. The highest BCUT2D eigenvalue weighted by atomic mass is 14.7. The van der Waals surface area contributed by atoms with E-state index in [0.717, 1.165) is 23.1 Å². The van der Waals surface area contributed by atoms with E-state index in [1.807, 2.05) is 18.2 Å². The van der Waals surface area contributed by atoms with E-state index in [-0.39, 0.29) is 0 Å². The second-order valence-electron chi connectivity index (χ2n) is 4.61. The minimum absolute atomic E-state index is 0.625. The van der Waals surface area contributed by atoms with Crippen LogP contribution in [0.3, 0.4) is 0 Å². The van der Waals surface area contributed by atoms with Crippen molar-refractivity contribution in [3.63, 3.8) is 0 Å². The first-order valence-electron chi connectivity index (χ1n) is 5.95. The van der Waals surface area contributed by atoms with Crippen molar-refractivity contribution in [1.82, 2.24) is 0 Å². The predicted octanol–water partition coefficient (Wildman–Crippen LogP) is 3.42. The zero-order valence-electron chi connectivity index (χ0n) is 10.6. The van der Waals surface area contributed by atoms with Crippen LogP contribution in [0.25, 0.3) is 5.57 Å². The third-order valence-electron chi connectivity index (χ3n) is 3.03. The molecule has 2 aromatic carbocycles. The van der Waals surface area contributed by atoms with Gasteiger partial charge in [-0.25, -0.2) is 0 Å². The Labute approximate surface area is 108 Å². The van der Waals surface area contributed by atoms with E-state index in [4.69, 9.17) is 11.5 Å². The smallest absolute Gasteiger partial charge is 0.0550 e. The SMILES string of the molecule is C=C(Cc1ccc(N)c(N)c1)c1ccc(C)cc1. The van der Waals surface area contributed by atoms with Crippen LogP contribution in [0.5, 0.6) is 0 Å². The maximum Gasteiger partial charge on any atom is 0.0550 e. The summed E-state index contributed by atoms with van der Waals surface area (Å²) in [6, 6.07) is 14.1. The van der Waals surface area contributed by atoms with Gasteiger partial charge in [-0.2, -0.15) is 0 Å². The average Bonchev–Trinajstić information content (AvgIpc) is 2.34. The monoisotopic (exact) mass is 238 g/mol. The topological polar surface area (TPSA) is 52.0 Å². The normalized spacial score (nSPS) is 10.3. The molecule has 0 amide bonds. The summed E-state index contributed by atoms with van der Waals surface area (Å²) in [4.78, 5) is 0. The number of nitrogens with two attached hydrogens (primary N) is 2. The highest BCUT2D eigenvalue weighted by molar-refractivity contribution is 5.69. The van der Waals surface area contributed by atoms with Gasteiger partial charge in [-0.1, -0.05) is 42.5 Å². The van der Waals surface area contributed by atoms with Gasteiger partial charge in [-0.05, 0) is 42.2 Å². The summed E-state index contributed by atoms with van der Waals surface area (Å²) in [7, 11) is 0. The van der Waals surface area contributed by atoms with Crippen LogP contribution in [-0.4, -0.2) is 0 Å². The third-order valence-corrected chi connectivity index (χ3v) is 3.03. The third kappa shape index (κ3) is 2.72. The molecule has 2 nitrogen and oxygen atoms in total. The van der Waals surface area contributed by atoms with Gasteiger partial charge in [0.25, 0.3) is 0 Å². The summed E-state index contributed by atoms with van der Waals surface area (Å²) in [5.74, 6) is 0. The lowest BCUT2D eigenvalue weighted by Gasteiger charge is -2.08. The predicted molar refractivity (Wildman–Crippen MR) is 79.2 cm³/mol. The summed E-state index contributed by atoms with van der Waals surface area (Å²) < 4.78 is 0. The summed E-state index contributed by atoms with van der Waals surface area (Å²) >= 11 is 0. The van der Waals surface area contributed by atoms with Crippen molar-refractivity contribution in [3.8, 4) is 0 Å². The summed E-state index contributed by atoms with van der Waals surface area (Å²) in [6.45, 7) is 6.21. The van der Waals surface area contributed by atoms with E-state index in [0.29, 0.717) is 11.4 Å². The zero-order chi connectivity index (χ0) is 13.1. The minimum Gasteiger partial charge on any atom is -0.397 e. The Bertz CT molecular complexity index is 568. The standard InChI is InChI=1S/C16H18N2/c1-11-3-6-14(7-4-11)12(2)9-13-5-8-15(17)16(18)10-13/h3-8,10H,2,9,17-18H2,1H3. The van der Waals surface area contributed by atoms with Gasteiger partial charge in [0.15, 0.2) is 0 Å². The van der Waals surface area contributed by atoms with Crippen LogP contribution in [-0.2, 0) is 6.42 Å². The summed E-state index contributed by atoms with van der Waals surface area (Å²) in [5.41, 5.74) is 17.4. The number of benzene rings is 2. The molecule has 92 valence electrons. The molecule has 0 fully saturated rings. The zero-order valence-corrected chi connectivity index (χ0v) is 10.6. The first-order chi connectivity index (χ1) is 8.56. The molecule has 0 saturated carbocycles. The Morgan fingerprint density at radius 3 is 2.28 bits per heavy atom. The molecule has 2 rings (SSSR count). The molecule has 18 heavy (non-hydrogen) atoms. The van der Waals surface area contributed by atoms with Crippen molar-refractivity contribution in [2.45, 2.75) is 13.3 Å². The molecule has 0 aromatic heterocycles. The molecular weight excluding hydrogens is 220 g/mol. The van der Waals surface area contributed by atoms with E-state index in [1.54, 1.807) is 0 Å². The van der Waals surface area contributed by atoms with Crippen molar-refractivity contribution in [2.75, 3.05) is 11.5 Å². The molecular formula is C16H18N2. The van der Waals surface area contributed by atoms with Crippen molar-refractivity contribution in [3.05, 3.63) is 65.7 Å². The van der Waals surface area contributed by atoms with Gasteiger partial charge in [0.1, 0.15) is 0 Å². The second kappa shape index (κ2) is 4.96. The number of anilines is 2. The van der Waals surface area contributed by atoms with Gasteiger partial charge < -0.3 is 11.5 Å². The van der Waals surface area contributed by atoms with Gasteiger partial charge >= 0.3 is 0 Å². The Balaban J connectivity index is 2.16. The number of hydrogen-bond acceptors (Lipinski definition) is 2. The quantitative estimate of drug-likeness (QED) is 0.805. The van der Waals surface area contributed by atoms with Crippen LogP contribution >= 0.6 is 0 Å². The average molecular weight is 238 g/mol. The maximum atomic E-state index is 5.80. The fourth-order valence-electron chi connectivity index (χ4n) is 1.87. The van der Waals surface area contributed by atoms with Gasteiger partial charge in [0.2, 0.25) is 0 Å². The minimum atomic E-state index is 0.625. The van der Waals surface area contributed by atoms with Gasteiger partial charge in [-0.3, -0.25) is 0 Å². The second-order valence-corrected chi connectivity index (χ2v) is 4.61. The van der Waals surface area contributed by atoms with Gasteiger partial charge in [0.05, 0.1) is 11.4 Å². The largest absolute Gasteiger partial charge is 0.397 e. The molecule has 0 spiro atoms. The van der Waals surface area contributed by atoms with Gasteiger partial charge in [-0.15, -0.1) is 0 Å². The van der Waals surface area contributed by atoms with Crippen molar-refractivity contribution < 1.29 is 0 Å². The lowest BCUT2D eigenvalue weighted by Crippen LogP contribution is -1.97. The molecule has 0 bridgehead atoms. The maximum absolute atomic E-state index is 5.80. The molecule has 0 radical (unpaired) electrons. The van der Waals surface area contributed by atoms with Crippen molar-refractivity contribution in [2.24, 2.45) is 0 Å². The Morgan fingerprint density at radius 1 is 1.00 bits per heavy atom. The fraction of sp³-hybridized carbons (Fsp3) is 0.125. The molecule has 0 heterocycles. The van der Waals surface area contributed by atoms with Gasteiger partial charge in [0, 0.05) is 0 Å². The van der Waals surface area contributed by atoms with Crippen LogP contribution in [0.2, 0.25) is 0 Å². The molecule has 0 aliphatic rings. The summed E-state index contributed by atoms with van der Waals surface area (Å²) in [5, 5.41) is 0. The molecule has 4 N–H and O–H groups in total. The van der Waals surface area contributed by atoms with E-state index < -0.39 is 0 Å². The number of aryl methyl sites for hydroxylation is 1. The van der Waals surface area contributed by atoms with Crippen molar-refractivity contribution >= 4 is 16.9 Å². The highest BCUT2D eigenvalue weighted by Gasteiger charge is 2.02. The lowest BCUT2D eigenvalue weighted by molar-refractivity contribution is 1.28. The summed E-state index contributed by atoms with van der Waals surface area (Å²) in [6.07, 6.45) is 0.785. The molecule has 0 unspecified atom stereocenters. The molecule has 0 saturated heterocycles.